The normalized spacial score (nSPS) is 15.1. The van der Waals surface area contributed by atoms with Gasteiger partial charge in [0.25, 0.3) is 0 Å². The molecule has 0 aliphatic heterocycles. The minimum atomic E-state index is -0.617. The molecule has 11 aromatic carbocycles. The molecule has 5 aliphatic carbocycles. The van der Waals surface area contributed by atoms with Gasteiger partial charge in [0.2, 0.25) is 0 Å². The number of rotatable bonds is 4. The van der Waals surface area contributed by atoms with Crippen LogP contribution >= 0.6 is 0 Å². The molecule has 72 heavy (non-hydrogen) atoms. The van der Waals surface area contributed by atoms with Crippen molar-refractivity contribution in [3.8, 4) is 66.8 Å². The number of para-hydroxylation sites is 1. The molecule has 0 saturated carbocycles. The minimum absolute atomic E-state index is 0.197. The monoisotopic (exact) mass is 913 g/mol. The molecule has 1 heteroatoms. The van der Waals surface area contributed by atoms with E-state index in [1.165, 1.54) is 128 Å². The quantitative estimate of drug-likeness (QED) is 0.170. The summed E-state index contributed by atoms with van der Waals surface area (Å²) in [6, 6.07) is 95.0. The highest BCUT2D eigenvalue weighted by Gasteiger charge is 2.58. The summed E-state index contributed by atoms with van der Waals surface area (Å²) in [6.07, 6.45) is 0. The molecule has 0 N–H and O–H groups in total. The van der Waals surface area contributed by atoms with Gasteiger partial charge in [-0.25, -0.2) is 0 Å². The number of anilines is 3. The van der Waals surface area contributed by atoms with E-state index in [1.807, 2.05) is 0 Å². The second-order valence-electron chi connectivity index (χ2n) is 21.0. The molecule has 0 radical (unpaired) electrons. The Balaban J connectivity index is 1.13. The molecule has 0 amide bonds. The van der Waals surface area contributed by atoms with E-state index in [9.17, 15) is 0 Å². The van der Waals surface area contributed by atoms with Gasteiger partial charge in [0.05, 0.1) is 16.5 Å². The van der Waals surface area contributed by atoms with Crippen LogP contribution in [0, 0.1) is 0 Å². The van der Waals surface area contributed by atoms with Crippen molar-refractivity contribution < 1.29 is 0 Å². The number of nitrogens with zero attached hydrogens (tertiary/aromatic N) is 1. The fraction of sp³-hybridized carbons (Fsp3) is 0.0704. The topological polar surface area (TPSA) is 3.24 Å². The van der Waals surface area contributed by atoms with Crippen LogP contribution < -0.4 is 4.90 Å². The summed E-state index contributed by atoms with van der Waals surface area (Å²) in [4.78, 5) is 2.66. The van der Waals surface area contributed by atoms with E-state index in [-0.39, 0.29) is 5.41 Å². The van der Waals surface area contributed by atoms with E-state index < -0.39 is 10.8 Å². The van der Waals surface area contributed by atoms with Gasteiger partial charge < -0.3 is 4.90 Å². The lowest BCUT2D eigenvalue weighted by Crippen LogP contribution is -2.29. The Kier molecular flexibility index (Phi) is 7.88. The van der Waals surface area contributed by atoms with E-state index in [0.29, 0.717) is 0 Å². The fourth-order valence-corrected chi connectivity index (χ4v) is 14.7. The zero-order valence-corrected chi connectivity index (χ0v) is 40.1. The molecule has 1 nitrogen and oxygen atoms in total. The van der Waals surface area contributed by atoms with Crippen LogP contribution in [-0.4, -0.2) is 0 Å². The van der Waals surface area contributed by atoms with Crippen LogP contribution in [0.3, 0.4) is 0 Å². The van der Waals surface area contributed by atoms with Crippen LogP contribution in [0.5, 0.6) is 0 Å². The second-order valence-corrected chi connectivity index (χ2v) is 21.0. The average molecular weight is 914 g/mol. The summed E-state index contributed by atoms with van der Waals surface area (Å²) in [5.41, 5.74) is 30.9. The molecule has 5 aliphatic rings. The Hall–Kier alpha value is -8.78. The molecule has 11 aromatic rings. The lowest BCUT2D eigenvalue weighted by Gasteiger charge is -2.36. The summed E-state index contributed by atoms with van der Waals surface area (Å²) >= 11 is 0. The number of hydrogen-bond donors (Lipinski definition) is 0. The maximum Gasteiger partial charge on any atom is 0.0726 e. The van der Waals surface area contributed by atoms with Gasteiger partial charge in [0, 0.05) is 27.9 Å². The van der Waals surface area contributed by atoms with Crippen molar-refractivity contribution in [1.29, 1.82) is 0 Å². The molecule has 0 atom stereocenters. The molecule has 0 bridgehead atoms. The van der Waals surface area contributed by atoms with Crippen molar-refractivity contribution in [2.75, 3.05) is 4.90 Å². The van der Waals surface area contributed by atoms with Gasteiger partial charge in [-0.05, 0) is 142 Å². The highest BCUT2D eigenvalue weighted by molar-refractivity contribution is 6.11. The van der Waals surface area contributed by atoms with Crippen molar-refractivity contribution in [3.05, 3.63) is 304 Å². The predicted molar refractivity (Wildman–Crippen MR) is 297 cm³/mol. The van der Waals surface area contributed by atoms with Gasteiger partial charge in [-0.1, -0.05) is 232 Å². The molecule has 16 rings (SSSR count). The highest BCUT2D eigenvalue weighted by Crippen LogP contribution is 2.71. The Labute approximate surface area is 421 Å². The van der Waals surface area contributed by atoms with Gasteiger partial charge in [-0.3, -0.25) is 0 Å². The first-order valence-electron chi connectivity index (χ1n) is 25.5. The smallest absolute Gasteiger partial charge is 0.0726 e. The summed E-state index contributed by atoms with van der Waals surface area (Å²) in [5, 5.41) is 0. The Morgan fingerprint density at radius 3 is 1.19 bits per heavy atom. The lowest BCUT2D eigenvalue weighted by atomic mass is 9.67. The highest BCUT2D eigenvalue weighted by atomic mass is 15.2. The largest absolute Gasteiger partial charge is 0.309 e. The van der Waals surface area contributed by atoms with Crippen molar-refractivity contribution in [2.45, 2.75) is 30.1 Å². The third-order valence-corrected chi connectivity index (χ3v) is 17.5. The number of hydrogen-bond acceptors (Lipinski definition) is 1. The SMILES string of the molecule is CC1(C)c2ccccc2-c2ccc(N(c3ccccc3)c3c4c(cc5c3-c3cc(-c6ccccc6)ccc3C53c5ccccc5-c5ccccc53)C3(c5ccccc5-c5ccccc53)c3ccccc3-4)cc21. The fourth-order valence-electron chi connectivity index (χ4n) is 14.7. The molecule has 2 spiro atoms. The maximum atomic E-state index is 2.71. The molecule has 0 fully saturated rings. The standard InChI is InChI=1S/C71H47N/c1-69(2)56-31-15-9-25-48(56)53-39-38-47(42-63(53)69)72(46-23-7-4-8-24-46)68-66-54-30-14-20-36-61(54)70(57-32-16-10-26-49(57)50-27-11-17-33-58(50)70)64(66)43-65-67(68)55-41-45(44-21-5-3-6-22-44)37-40-62(55)71(65)59-34-18-12-28-51(59)52-29-13-19-35-60(52)71/h3-43H,1-2H3. The van der Waals surface area contributed by atoms with Gasteiger partial charge in [0.15, 0.2) is 0 Å². The number of benzene rings is 11. The van der Waals surface area contributed by atoms with Gasteiger partial charge in [-0.2, -0.15) is 0 Å². The first-order valence-corrected chi connectivity index (χ1v) is 25.5. The van der Waals surface area contributed by atoms with Crippen LogP contribution in [0.15, 0.2) is 249 Å². The van der Waals surface area contributed by atoms with Crippen LogP contribution in [0.2, 0.25) is 0 Å². The second kappa shape index (κ2) is 14.2. The summed E-state index contributed by atoms with van der Waals surface area (Å²) in [5.74, 6) is 0. The van der Waals surface area contributed by atoms with E-state index in [0.717, 1.165) is 11.4 Å². The first-order chi connectivity index (χ1) is 35.5. The van der Waals surface area contributed by atoms with Crippen LogP contribution in [0.1, 0.15) is 69.5 Å². The van der Waals surface area contributed by atoms with Crippen LogP contribution in [-0.2, 0) is 16.2 Å². The van der Waals surface area contributed by atoms with Crippen LogP contribution in [0.25, 0.3) is 66.8 Å². The van der Waals surface area contributed by atoms with Crippen molar-refractivity contribution in [3.63, 3.8) is 0 Å². The van der Waals surface area contributed by atoms with E-state index in [1.54, 1.807) is 0 Å². The molecule has 0 aromatic heterocycles. The van der Waals surface area contributed by atoms with Gasteiger partial charge >= 0.3 is 0 Å². The zero-order chi connectivity index (χ0) is 47.5. The van der Waals surface area contributed by atoms with Crippen molar-refractivity contribution in [2.24, 2.45) is 0 Å². The van der Waals surface area contributed by atoms with Crippen LogP contribution in [0.4, 0.5) is 17.1 Å². The molecular formula is C71H47N. The molecule has 0 saturated heterocycles. The van der Waals surface area contributed by atoms with E-state index >= 15 is 0 Å². The average Bonchev–Trinajstić information content (AvgIpc) is 4.17. The first kappa shape index (κ1) is 40.0. The zero-order valence-electron chi connectivity index (χ0n) is 40.1. The van der Waals surface area contributed by atoms with E-state index in [2.05, 4.69) is 267 Å². The summed E-state index contributed by atoms with van der Waals surface area (Å²) in [7, 11) is 0. The van der Waals surface area contributed by atoms with Crippen molar-refractivity contribution >= 4 is 17.1 Å². The summed E-state index contributed by atoms with van der Waals surface area (Å²) < 4.78 is 0. The molecule has 0 unspecified atom stereocenters. The lowest BCUT2D eigenvalue weighted by molar-refractivity contribution is 0.660. The van der Waals surface area contributed by atoms with Gasteiger partial charge in [-0.15, -0.1) is 0 Å². The predicted octanol–water partition coefficient (Wildman–Crippen LogP) is 17.8. The molecule has 0 heterocycles. The third kappa shape index (κ3) is 4.79. The third-order valence-electron chi connectivity index (χ3n) is 17.5. The molecule has 336 valence electrons. The Bertz CT molecular complexity index is 4040. The van der Waals surface area contributed by atoms with Gasteiger partial charge in [0.1, 0.15) is 0 Å². The Morgan fingerprint density at radius 2 is 0.653 bits per heavy atom. The van der Waals surface area contributed by atoms with Crippen molar-refractivity contribution in [1.82, 2.24) is 0 Å². The Morgan fingerprint density at radius 1 is 0.250 bits per heavy atom. The maximum absolute atomic E-state index is 2.71. The van der Waals surface area contributed by atoms with E-state index in [4.69, 9.17) is 0 Å². The number of fused-ring (bicyclic) bond motifs is 23. The minimum Gasteiger partial charge on any atom is -0.309 e. The summed E-state index contributed by atoms with van der Waals surface area (Å²) in [6.45, 7) is 4.81. The molecular weight excluding hydrogens is 867 g/mol.